The first-order valence-electron chi connectivity index (χ1n) is 5.28. The van der Waals surface area contributed by atoms with E-state index < -0.39 is 5.97 Å². The van der Waals surface area contributed by atoms with Gasteiger partial charge < -0.3 is 10.4 Å². The smallest absolute Gasteiger partial charge is 0.307 e. The van der Waals surface area contributed by atoms with Crippen LogP contribution in [0, 0.1) is 5.92 Å². The minimum Gasteiger partial charge on any atom is -0.481 e. The summed E-state index contributed by atoms with van der Waals surface area (Å²) < 4.78 is 0. The third kappa shape index (κ3) is 2.36. The second-order valence-electron chi connectivity index (χ2n) is 3.98. The zero-order valence-electron chi connectivity index (χ0n) is 8.52. The van der Waals surface area contributed by atoms with Crippen molar-refractivity contribution in [1.82, 2.24) is 5.32 Å². The zero-order valence-corrected chi connectivity index (χ0v) is 8.52. The molecule has 1 aliphatic rings. The Bertz CT molecular complexity index is 329. The van der Waals surface area contributed by atoms with Gasteiger partial charge in [0.25, 0.3) is 0 Å². The second-order valence-corrected chi connectivity index (χ2v) is 3.98. The van der Waals surface area contributed by atoms with E-state index in [1.54, 1.807) is 0 Å². The van der Waals surface area contributed by atoms with Crippen LogP contribution in [0.25, 0.3) is 0 Å². The Labute approximate surface area is 89.1 Å². The van der Waals surface area contributed by atoms with E-state index in [0.29, 0.717) is 12.6 Å². The molecule has 3 nitrogen and oxygen atoms in total. The number of hydrogen-bond acceptors (Lipinski definition) is 2. The number of hydrogen-bond donors (Lipinski definition) is 2. The highest BCUT2D eigenvalue weighted by Crippen LogP contribution is 2.25. The van der Waals surface area contributed by atoms with Crippen molar-refractivity contribution < 1.29 is 9.90 Å². The van der Waals surface area contributed by atoms with Gasteiger partial charge in [-0.05, 0) is 18.4 Å². The molecule has 1 aliphatic heterocycles. The van der Waals surface area contributed by atoms with Crippen LogP contribution in [-0.2, 0) is 4.79 Å². The summed E-state index contributed by atoms with van der Waals surface area (Å²) in [6.45, 7) is 0.578. The van der Waals surface area contributed by atoms with E-state index in [2.05, 4.69) is 17.4 Å². The quantitative estimate of drug-likeness (QED) is 0.774. The van der Waals surface area contributed by atoms with E-state index >= 15 is 0 Å². The third-order valence-corrected chi connectivity index (χ3v) is 2.97. The molecule has 1 aromatic rings. The fraction of sp³-hybridized carbons (Fsp3) is 0.417. The Morgan fingerprint density at radius 1 is 1.27 bits per heavy atom. The number of carbonyl (C=O) groups is 1. The Morgan fingerprint density at radius 2 is 2.00 bits per heavy atom. The van der Waals surface area contributed by atoms with Crippen molar-refractivity contribution in [1.29, 1.82) is 0 Å². The Kier molecular flexibility index (Phi) is 3.02. The van der Waals surface area contributed by atoms with Gasteiger partial charge in [-0.15, -0.1) is 0 Å². The average molecular weight is 205 g/mol. The summed E-state index contributed by atoms with van der Waals surface area (Å²) in [6, 6.07) is 10.5. The van der Waals surface area contributed by atoms with Crippen molar-refractivity contribution in [2.45, 2.75) is 18.9 Å². The van der Waals surface area contributed by atoms with Gasteiger partial charge in [-0.1, -0.05) is 30.3 Å². The summed E-state index contributed by atoms with van der Waals surface area (Å²) in [5.74, 6) is -0.904. The van der Waals surface area contributed by atoms with Crippen LogP contribution in [0.5, 0.6) is 0 Å². The van der Waals surface area contributed by atoms with E-state index in [0.717, 1.165) is 12.8 Å². The molecule has 2 rings (SSSR count). The van der Waals surface area contributed by atoms with Crippen molar-refractivity contribution in [2.24, 2.45) is 5.92 Å². The molecule has 0 spiro atoms. The molecule has 2 atom stereocenters. The van der Waals surface area contributed by atoms with E-state index in [1.807, 2.05) is 18.2 Å². The van der Waals surface area contributed by atoms with Gasteiger partial charge in [0.2, 0.25) is 0 Å². The second kappa shape index (κ2) is 4.45. The van der Waals surface area contributed by atoms with E-state index in [9.17, 15) is 4.79 Å². The molecule has 15 heavy (non-hydrogen) atoms. The van der Waals surface area contributed by atoms with Crippen LogP contribution in [0.15, 0.2) is 30.3 Å². The fourth-order valence-electron chi connectivity index (χ4n) is 2.04. The van der Waals surface area contributed by atoms with Crippen molar-refractivity contribution >= 4 is 5.97 Å². The first-order chi connectivity index (χ1) is 7.27. The number of aliphatic carboxylic acids is 1. The minimum absolute atomic E-state index is 0.218. The summed E-state index contributed by atoms with van der Waals surface area (Å²) >= 11 is 0. The first-order valence-corrected chi connectivity index (χ1v) is 5.28. The van der Waals surface area contributed by atoms with Gasteiger partial charge in [-0.2, -0.15) is 0 Å². The number of nitrogens with one attached hydrogen (secondary N) is 1. The van der Waals surface area contributed by atoms with Crippen LogP contribution < -0.4 is 5.32 Å². The normalized spacial score (nSPS) is 26.1. The van der Waals surface area contributed by atoms with Gasteiger partial charge in [-0.25, -0.2) is 0 Å². The number of rotatable bonds is 2. The number of carboxylic acids is 1. The first kappa shape index (κ1) is 10.2. The molecule has 1 aromatic carbocycles. The SMILES string of the molecule is O=C(O)C1CCC(c2ccccc2)NC1. The van der Waals surface area contributed by atoms with Crippen molar-refractivity contribution in [3.8, 4) is 0 Å². The number of carboxylic acid groups (broad SMARTS) is 1. The molecular weight excluding hydrogens is 190 g/mol. The maximum absolute atomic E-state index is 10.8. The lowest BCUT2D eigenvalue weighted by Crippen LogP contribution is -2.36. The van der Waals surface area contributed by atoms with E-state index in [4.69, 9.17) is 5.11 Å². The van der Waals surface area contributed by atoms with Crippen LogP contribution in [0.1, 0.15) is 24.4 Å². The molecule has 3 heteroatoms. The number of benzene rings is 1. The van der Waals surface area contributed by atoms with Crippen molar-refractivity contribution in [2.75, 3.05) is 6.54 Å². The van der Waals surface area contributed by atoms with Gasteiger partial charge in [0.05, 0.1) is 5.92 Å². The molecule has 0 bridgehead atoms. The molecule has 0 aliphatic carbocycles. The molecule has 0 saturated carbocycles. The molecule has 0 amide bonds. The summed E-state index contributed by atoms with van der Waals surface area (Å²) in [6.07, 6.45) is 1.67. The number of piperidine rings is 1. The Balaban J connectivity index is 1.97. The highest BCUT2D eigenvalue weighted by molar-refractivity contribution is 5.70. The predicted molar refractivity (Wildman–Crippen MR) is 57.5 cm³/mol. The van der Waals surface area contributed by atoms with Gasteiger partial charge in [0.15, 0.2) is 0 Å². The van der Waals surface area contributed by atoms with E-state index in [-0.39, 0.29) is 5.92 Å². The minimum atomic E-state index is -0.686. The van der Waals surface area contributed by atoms with Crippen molar-refractivity contribution in [3.05, 3.63) is 35.9 Å². The van der Waals surface area contributed by atoms with E-state index in [1.165, 1.54) is 5.56 Å². The summed E-state index contributed by atoms with van der Waals surface area (Å²) in [5, 5.41) is 12.1. The molecule has 1 fully saturated rings. The molecule has 2 N–H and O–H groups in total. The molecule has 1 saturated heterocycles. The van der Waals surface area contributed by atoms with Crippen molar-refractivity contribution in [3.63, 3.8) is 0 Å². The molecular formula is C12H15NO2. The standard InChI is InChI=1S/C12H15NO2/c14-12(15)10-6-7-11(13-8-10)9-4-2-1-3-5-9/h1-5,10-11,13H,6-8H2,(H,14,15). The van der Waals surface area contributed by atoms with Crippen LogP contribution in [0.2, 0.25) is 0 Å². The average Bonchev–Trinajstić information content (AvgIpc) is 2.30. The van der Waals surface area contributed by atoms with Gasteiger partial charge in [0.1, 0.15) is 0 Å². The van der Waals surface area contributed by atoms with Crippen LogP contribution >= 0.6 is 0 Å². The Hall–Kier alpha value is -1.35. The van der Waals surface area contributed by atoms with Gasteiger partial charge in [-0.3, -0.25) is 4.79 Å². The molecule has 0 radical (unpaired) electrons. The Morgan fingerprint density at radius 3 is 2.53 bits per heavy atom. The topological polar surface area (TPSA) is 49.3 Å². The molecule has 0 aromatic heterocycles. The van der Waals surface area contributed by atoms with Crippen LogP contribution in [-0.4, -0.2) is 17.6 Å². The monoisotopic (exact) mass is 205 g/mol. The van der Waals surface area contributed by atoms with Gasteiger partial charge in [0, 0.05) is 12.6 Å². The molecule has 80 valence electrons. The lowest BCUT2D eigenvalue weighted by molar-refractivity contribution is -0.142. The summed E-state index contributed by atoms with van der Waals surface area (Å²) in [7, 11) is 0. The fourth-order valence-corrected chi connectivity index (χ4v) is 2.04. The maximum Gasteiger partial charge on any atom is 0.307 e. The van der Waals surface area contributed by atoms with Crippen LogP contribution in [0.3, 0.4) is 0 Å². The highest BCUT2D eigenvalue weighted by atomic mass is 16.4. The lowest BCUT2D eigenvalue weighted by atomic mass is 9.91. The lowest BCUT2D eigenvalue weighted by Gasteiger charge is -2.27. The maximum atomic E-state index is 10.8. The van der Waals surface area contributed by atoms with Crippen LogP contribution in [0.4, 0.5) is 0 Å². The predicted octanol–water partition coefficient (Wildman–Crippen LogP) is 1.81. The largest absolute Gasteiger partial charge is 0.481 e. The van der Waals surface area contributed by atoms with Gasteiger partial charge >= 0.3 is 5.97 Å². The molecule has 1 heterocycles. The third-order valence-electron chi connectivity index (χ3n) is 2.97. The zero-order chi connectivity index (χ0) is 10.7. The summed E-state index contributed by atoms with van der Waals surface area (Å²) in [4.78, 5) is 10.8. The molecule has 2 unspecified atom stereocenters. The highest BCUT2D eigenvalue weighted by Gasteiger charge is 2.25. The summed E-state index contributed by atoms with van der Waals surface area (Å²) in [5.41, 5.74) is 1.25.